The average Bonchev–Trinajstić information content (AvgIpc) is 1.95. The molecule has 0 unspecified atom stereocenters. The Morgan fingerprint density at radius 1 is 1.31 bits per heavy atom. The van der Waals surface area contributed by atoms with Crippen LogP contribution in [-0.2, 0) is 0 Å². The third-order valence-corrected chi connectivity index (χ3v) is 2.02. The number of rotatable bonds is 4. The lowest BCUT2D eigenvalue weighted by atomic mass is 9.99. The van der Waals surface area contributed by atoms with Crippen molar-refractivity contribution in [2.24, 2.45) is 5.92 Å². The van der Waals surface area contributed by atoms with Crippen LogP contribution in [0.25, 0.3) is 0 Å². The molecule has 0 aromatic heterocycles. The fraction of sp³-hybridized carbons (Fsp3) is 0.800. The van der Waals surface area contributed by atoms with Gasteiger partial charge in [-0.25, -0.2) is 0 Å². The van der Waals surface area contributed by atoms with E-state index in [0.29, 0.717) is 6.42 Å². The molecule has 0 nitrogen and oxygen atoms in total. The molecule has 0 saturated heterocycles. The second-order valence-corrected chi connectivity index (χ2v) is 3.51. The fourth-order valence-electron chi connectivity index (χ4n) is 1.17. The minimum Gasteiger partial charge on any atom is -0.171 e. The van der Waals surface area contributed by atoms with Crippen LogP contribution in [0.4, 0.5) is 13.2 Å². The second kappa shape index (κ2) is 5.30. The van der Waals surface area contributed by atoms with Crippen LogP contribution in [0.2, 0.25) is 0 Å². The predicted octanol–water partition coefficient (Wildman–Crippen LogP) is 4.32. The summed E-state index contributed by atoms with van der Waals surface area (Å²) in [5.74, 6) is -1.14. The molecule has 0 N–H and O–H groups in total. The third-order valence-electron chi connectivity index (χ3n) is 2.02. The first-order valence-electron chi connectivity index (χ1n) is 4.58. The standard InChI is InChI=1S/C10H17F3/c1-4-9(10(11,12)13)7-5-6-8(2)3/h6,9H,4-5,7H2,1-3H3/t9-/m0/s1. The highest BCUT2D eigenvalue weighted by atomic mass is 19.4. The smallest absolute Gasteiger partial charge is 0.171 e. The van der Waals surface area contributed by atoms with Gasteiger partial charge in [-0.1, -0.05) is 18.6 Å². The maximum Gasteiger partial charge on any atom is 0.391 e. The Hall–Kier alpha value is -0.470. The summed E-state index contributed by atoms with van der Waals surface area (Å²) >= 11 is 0. The highest BCUT2D eigenvalue weighted by Crippen LogP contribution is 2.32. The van der Waals surface area contributed by atoms with Gasteiger partial charge in [0.1, 0.15) is 0 Å². The molecule has 0 saturated carbocycles. The van der Waals surface area contributed by atoms with Crippen molar-refractivity contribution in [2.45, 2.75) is 46.2 Å². The molecule has 0 aromatic carbocycles. The first kappa shape index (κ1) is 12.5. The monoisotopic (exact) mass is 194 g/mol. The van der Waals surface area contributed by atoms with Crippen molar-refractivity contribution in [1.82, 2.24) is 0 Å². The van der Waals surface area contributed by atoms with Gasteiger partial charge in [0.15, 0.2) is 0 Å². The predicted molar refractivity (Wildman–Crippen MR) is 48.5 cm³/mol. The summed E-state index contributed by atoms with van der Waals surface area (Å²) in [7, 11) is 0. The third kappa shape index (κ3) is 5.72. The van der Waals surface area contributed by atoms with E-state index in [1.165, 1.54) is 0 Å². The fourth-order valence-corrected chi connectivity index (χ4v) is 1.17. The van der Waals surface area contributed by atoms with Crippen LogP contribution >= 0.6 is 0 Å². The molecule has 0 rings (SSSR count). The zero-order valence-corrected chi connectivity index (χ0v) is 8.41. The number of halogens is 3. The van der Waals surface area contributed by atoms with Crippen LogP contribution in [0.3, 0.4) is 0 Å². The minimum atomic E-state index is -4.02. The summed E-state index contributed by atoms with van der Waals surface area (Å²) in [6, 6.07) is 0. The molecule has 3 heteroatoms. The molecule has 0 aromatic rings. The van der Waals surface area contributed by atoms with Gasteiger partial charge in [-0.2, -0.15) is 13.2 Å². The summed E-state index contributed by atoms with van der Waals surface area (Å²) in [6.45, 7) is 5.38. The van der Waals surface area contributed by atoms with E-state index in [2.05, 4.69) is 0 Å². The van der Waals surface area contributed by atoms with Crippen LogP contribution < -0.4 is 0 Å². The summed E-state index contributed by atoms with van der Waals surface area (Å²) in [4.78, 5) is 0. The lowest BCUT2D eigenvalue weighted by Crippen LogP contribution is -2.21. The molecule has 0 aliphatic carbocycles. The highest BCUT2D eigenvalue weighted by Gasteiger charge is 2.37. The van der Waals surface area contributed by atoms with Gasteiger partial charge in [0.05, 0.1) is 5.92 Å². The van der Waals surface area contributed by atoms with Crippen LogP contribution in [0.15, 0.2) is 11.6 Å². The van der Waals surface area contributed by atoms with E-state index in [-0.39, 0.29) is 12.8 Å². The summed E-state index contributed by atoms with van der Waals surface area (Å²) in [5, 5.41) is 0. The molecule has 0 spiro atoms. The second-order valence-electron chi connectivity index (χ2n) is 3.51. The van der Waals surface area contributed by atoms with Gasteiger partial charge in [-0.3, -0.25) is 0 Å². The van der Waals surface area contributed by atoms with Gasteiger partial charge in [0.2, 0.25) is 0 Å². The number of hydrogen-bond acceptors (Lipinski definition) is 0. The Bertz CT molecular complexity index is 163. The number of alkyl halides is 3. The number of hydrogen-bond donors (Lipinski definition) is 0. The molecule has 78 valence electrons. The van der Waals surface area contributed by atoms with Crippen molar-refractivity contribution in [1.29, 1.82) is 0 Å². The molecule has 0 aliphatic heterocycles. The first-order valence-corrected chi connectivity index (χ1v) is 4.58. The van der Waals surface area contributed by atoms with Gasteiger partial charge in [0.25, 0.3) is 0 Å². The molecule has 0 heterocycles. The van der Waals surface area contributed by atoms with E-state index < -0.39 is 12.1 Å². The molecule has 0 aliphatic rings. The van der Waals surface area contributed by atoms with Gasteiger partial charge < -0.3 is 0 Å². The van der Waals surface area contributed by atoms with Crippen LogP contribution in [-0.4, -0.2) is 6.18 Å². The topological polar surface area (TPSA) is 0 Å². The van der Waals surface area contributed by atoms with Crippen molar-refractivity contribution < 1.29 is 13.2 Å². The lowest BCUT2D eigenvalue weighted by molar-refractivity contribution is -0.176. The quantitative estimate of drug-likeness (QED) is 0.584. The average molecular weight is 194 g/mol. The Kier molecular flexibility index (Phi) is 5.11. The Morgan fingerprint density at radius 3 is 2.15 bits per heavy atom. The van der Waals surface area contributed by atoms with Crippen molar-refractivity contribution in [3.05, 3.63) is 11.6 Å². The van der Waals surface area contributed by atoms with E-state index in [0.717, 1.165) is 5.57 Å². The van der Waals surface area contributed by atoms with E-state index in [9.17, 15) is 13.2 Å². The van der Waals surface area contributed by atoms with E-state index in [1.807, 2.05) is 19.9 Å². The van der Waals surface area contributed by atoms with Crippen molar-refractivity contribution in [2.75, 3.05) is 0 Å². The highest BCUT2D eigenvalue weighted by molar-refractivity contribution is 4.93. The van der Waals surface area contributed by atoms with E-state index in [1.54, 1.807) is 6.92 Å². The molecule has 13 heavy (non-hydrogen) atoms. The van der Waals surface area contributed by atoms with Crippen molar-refractivity contribution in [3.8, 4) is 0 Å². The lowest BCUT2D eigenvalue weighted by Gasteiger charge is -2.17. The van der Waals surface area contributed by atoms with Crippen molar-refractivity contribution in [3.63, 3.8) is 0 Å². The SMILES string of the molecule is CC[C@@H](CCC=C(C)C)C(F)(F)F. The molecule has 0 radical (unpaired) electrons. The Morgan fingerprint density at radius 2 is 1.85 bits per heavy atom. The Balaban J connectivity index is 3.94. The van der Waals surface area contributed by atoms with Crippen LogP contribution in [0.5, 0.6) is 0 Å². The molecular formula is C10H17F3. The van der Waals surface area contributed by atoms with Crippen LogP contribution in [0, 0.1) is 5.92 Å². The maximum absolute atomic E-state index is 12.2. The normalized spacial score (nSPS) is 14.0. The van der Waals surface area contributed by atoms with Gasteiger partial charge >= 0.3 is 6.18 Å². The molecule has 0 amide bonds. The minimum absolute atomic E-state index is 0.181. The molecular weight excluding hydrogens is 177 g/mol. The molecule has 0 fully saturated rings. The number of allylic oxidation sites excluding steroid dienone is 2. The van der Waals surface area contributed by atoms with Gasteiger partial charge in [0, 0.05) is 0 Å². The summed E-state index contributed by atoms with van der Waals surface area (Å²) in [5.41, 5.74) is 1.08. The van der Waals surface area contributed by atoms with Gasteiger partial charge in [-0.05, 0) is 33.1 Å². The van der Waals surface area contributed by atoms with Crippen LogP contribution in [0.1, 0.15) is 40.0 Å². The largest absolute Gasteiger partial charge is 0.391 e. The van der Waals surface area contributed by atoms with E-state index in [4.69, 9.17) is 0 Å². The van der Waals surface area contributed by atoms with E-state index >= 15 is 0 Å². The summed E-state index contributed by atoms with van der Waals surface area (Å²) < 4.78 is 36.7. The first-order chi connectivity index (χ1) is 5.88. The molecule has 0 bridgehead atoms. The zero-order chi connectivity index (χ0) is 10.5. The Labute approximate surface area is 77.8 Å². The van der Waals surface area contributed by atoms with Gasteiger partial charge in [-0.15, -0.1) is 0 Å². The molecule has 1 atom stereocenters. The van der Waals surface area contributed by atoms with Crippen molar-refractivity contribution >= 4 is 0 Å². The maximum atomic E-state index is 12.2. The summed E-state index contributed by atoms with van der Waals surface area (Å²) in [6.07, 6.45) is -1.25. The zero-order valence-electron chi connectivity index (χ0n) is 8.41.